The minimum atomic E-state index is -2.15. The molecule has 6 atom stereocenters. The number of anilines is 1. The Morgan fingerprint density at radius 1 is 1.11 bits per heavy atom. The summed E-state index contributed by atoms with van der Waals surface area (Å²) >= 11 is 0. The maximum absolute atomic E-state index is 13.8. The average Bonchev–Trinajstić information content (AvgIpc) is 3.46. The Balaban J connectivity index is 1.62. The largest absolute Gasteiger partial charge is 0.497 e. The molecule has 1 aliphatic carbocycles. The highest BCUT2D eigenvalue weighted by Gasteiger charge is 2.80. The molecule has 38 heavy (non-hydrogen) atoms. The van der Waals surface area contributed by atoms with Crippen molar-refractivity contribution < 1.29 is 28.9 Å². The van der Waals surface area contributed by atoms with Crippen molar-refractivity contribution in [3.63, 3.8) is 0 Å². The van der Waals surface area contributed by atoms with Crippen LogP contribution in [0.2, 0.25) is 0 Å². The summed E-state index contributed by atoms with van der Waals surface area (Å²) in [5.74, 6) is -0.691. The number of nitrogens with zero attached hydrogens (tertiary/aromatic N) is 2. The highest BCUT2D eigenvalue weighted by Crippen LogP contribution is 2.67. The summed E-state index contributed by atoms with van der Waals surface area (Å²) in [6.45, 7) is 3.59. The van der Waals surface area contributed by atoms with Crippen molar-refractivity contribution in [1.29, 1.82) is 0 Å². The van der Waals surface area contributed by atoms with E-state index in [1.807, 2.05) is 37.1 Å². The molecule has 1 N–H and O–H groups in total. The molecule has 1 saturated carbocycles. The molecule has 6 rings (SSSR count). The number of hydrogen-bond donors (Lipinski definition) is 1. The summed E-state index contributed by atoms with van der Waals surface area (Å²) in [5.41, 5.74) is -1.26. The lowest BCUT2D eigenvalue weighted by atomic mass is 9.47. The number of benzene rings is 2. The summed E-state index contributed by atoms with van der Waals surface area (Å²) in [7, 11) is 4.79. The van der Waals surface area contributed by atoms with E-state index in [1.54, 1.807) is 31.4 Å². The standard InChI is InChI=1S/C30H34N2O6/c1-5-28-14-9-16-32-17-15-29(24(28)32)21-13-12-20(36-3)18-22(21)31(2)25(29)30(35,27(34)37-4)26(28)38-23(33)19-10-7-6-8-11-19/h6-14,18,24-26,35H,5,15-17H2,1-4H3/t24-,25+,26+,28+,29+,30-/m0/s1. The van der Waals surface area contributed by atoms with Crippen LogP contribution < -0.4 is 9.64 Å². The van der Waals surface area contributed by atoms with Crippen molar-refractivity contribution in [3.05, 3.63) is 71.8 Å². The number of fused-ring (bicyclic) bond motifs is 1. The zero-order chi connectivity index (χ0) is 26.9. The molecule has 8 nitrogen and oxygen atoms in total. The summed E-state index contributed by atoms with van der Waals surface area (Å²) in [4.78, 5) is 31.8. The maximum Gasteiger partial charge on any atom is 0.344 e. The van der Waals surface area contributed by atoms with Crippen LogP contribution in [-0.4, -0.2) is 80.1 Å². The third kappa shape index (κ3) is 2.93. The molecule has 3 aliphatic heterocycles. The van der Waals surface area contributed by atoms with Crippen LogP contribution in [0.1, 0.15) is 35.7 Å². The molecule has 8 heteroatoms. The van der Waals surface area contributed by atoms with Gasteiger partial charge < -0.3 is 24.2 Å². The van der Waals surface area contributed by atoms with Gasteiger partial charge in [-0.25, -0.2) is 9.59 Å². The quantitative estimate of drug-likeness (QED) is 0.478. The molecule has 0 radical (unpaired) electrons. The molecule has 0 bridgehead atoms. The Bertz CT molecular complexity index is 1310. The molecule has 2 aromatic carbocycles. The Hall–Kier alpha value is -3.36. The topological polar surface area (TPSA) is 88.5 Å². The van der Waals surface area contributed by atoms with Crippen molar-refractivity contribution in [1.82, 2.24) is 4.90 Å². The number of carbonyl (C=O) groups is 2. The van der Waals surface area contributed by atoms with Gasteiger partial charge >= 0.3 is 11.9 Å². The van der Waals surface area contributed by atoms with Gasteiger partial charge in [0.25, 0.3) is 0 Å². The van der Waals surface area contributed by atoms with Gasteiger partial charge in [0, 0.05) is 42.2 Å². The van der Waals surface area contributed by atoms with Crippen LogP contribution >= 0.6 is 0 Å². The van der Waals surface area contributed by atoms with Gasteiger partial charge in [-0.1, -0.05) is 43.3 Å². The van der Waals surface area contributed by atoms with Crippen LogP contribution in [-0.2, 0) is 19.7 Å². The predicted molar refractivity (Wildman–Crippen MR) is 141 cm³/mol. The van der Waals surface area contributed by atoms with Gasteiger partial charge in [0.05, 0.1) is 25.8 Å². The number of aliphatic hydroxyl groups is 1. The maximum atomic E-state index is 13.8. The van der Waals surface area contributed by atoms with Crippen molar-refractivity contribution in [2.24, 2.45) is 5.41 Å². The van der Waals surface area contributed by atoms with Gasteiger partial charge in [0.15, 0.2) is 6.10 Å². The van der Waals surface area contributed by atoms with Crippen LogP contribution in [0.15, 0.2) is 60.7 Å². The average molecular weight is 519 g/mol. The van der Waals surface area contributed by atoms with E-state index in [4.69, 9.17) is 14.2 Å². The van der Waals surface area contributed by atoms with Crippen LogP contribution in [0, 0.1) is 5.41 Å². The Labute approximate surface area is 222 Å². The summed E-state index contributed by atoms with van der Waals surface area (Å²) in [6.07, 6.45) is 4.28. The fourth-order valence-electron chi connectivity index (χ4n) is 8.26. The van der Waals surface area contributed by atoms with Gasteiger partial charge in [-0.05, 0) is 43.1 Å². The fourth-order valence-corrected chi connectivity index (χ4v) is 8.26. The van der Waals surface area contributed by atoms with E-state index in [1.165, 1.54) is 7.11 Å². The van der Waals surface area contributed by atoms with E-state index >= 15 is 0 Å². The molecule has 2 aromatic rings. The highest BCUT2D eigenvalue weighted by molar-refractivity contribution is 5.91. The summed E-state index contributed by atoms with van der Waals surface area (Å²) < 4.78 is 17.1. The third-order valence-electron chi connectivity index (χ3n) is 9.57. The molecule has 2 fully saturated rings. The first kappa shape index (κ1) is 24.9. The van der Waals surface area contributed by atoms with E-state index in [9.17, 15) is 14.7 Å². The number of ether oxygens (including phenoxy) is 3. The minimum Gasteiger partial charge on any atom is -0.497 e. The number of methoxy groups -OCH3 is 2. The molecule has 1 spiro atoms. The molecule has 0 aromatic heterocycles. The molecule has 200 valence electrons. The summed E-state index contributed by atoms with van der Waals surface area (Å²) in [5, 5.41) is 12.8. The van der Waals surface area contributed by atoms with Crippen molar-refractivity contribution >= 4 is 17.6 Å². The first-order valence-corrected chi connectivity index (χ1v) is 13.2. The lowest BCUT2D eigenvalue weighted by molar-refractivity contribution is -0.218. The molecular formula is C30H34N2O6. The molecule has 0 amide bonds. The zero-order valence-electron chi connectivity index (χ0n) is 22.2. The third-order valence-corrected chi connectivity index (χ3v) is 9.57. The Kier molecular flexibility index (Phi) is 5.63. The molecule has 1 saturated heterocycles. The highest BCUT2D eigenvalue weighted by atomic mass is 16.6. The minimum absolute atomic E-state index is 0.106. The second kappa shape index (κ2) is 8.58. The number of esters is 2. The van der Waals surface area contributed by atoms with Crippen LogP contribution in [0.5, 0.6) is 5.75 Å². The van der Waals surface area contributed by atoms with Gasteiger partial charge in [0.1, 0.15) is 5.75 Å². The first-order valence-electron chi connectivity index (χ1n) is 13.2. The van der Waals surface area contributed by atoms with Crippen LogP contribution in [0.3, 0.4) is 0 Å². The van der Waals surface area contributed by atoms with E-state index in [0.717, 1.165) is 30.8 Å². The monoisotopic (exact) mass is 518 g/mol. The SMILES string of the molecule is CC[C@]12C=CCN3CC[C@@]4(c5ccc(OC)cc5N(C)[C@H]4[C@@](O)(C(=O)OC)[C@@H]1OC(=O)c1ccccc1)[C@@H]32. The summed E-state index contributed by atoms with van der Waals surface area (Å²) in [6, 6.07) is 13.8. The normalized spacial score (nSPS) is 34.8. The van der Waals surface area contributed by atoms with Gasteiger partial charge in [-0.2, -0.15) is 0 Å². The van der Waals surface area contributed by atoms with E-state index < -0.39 is 40.5 Å². The number of likely N-dealkylation sites (N-methyl/N-ethyl adjacent to an activating group) is 1. The lowest BCUT2D eigenvalue weighted by Gasteiger charge is -2.63. The predicted octanol–water partition coefficient (Wildman–Crippen LogP) is 2.94. The molecule has 0 unspecified atom stereocenters. The first-order chi connectivity index (χ1) is 18.3. The smallest absolute Gasteiger partial charge is 0.344 e. The van der Waals surface area contributed by atoms with E-state index in [-0.39, 0.29) is 6.04 Å². The lowest BCUT2D eigenvalue weighted by Crippen LogP contribution is -2.81. The number of hydrogen-bond acceptors (Lipinski definition) is 8. The molecule has 3 heterocycles. The second-order valence-corrected chi connectivity index (χ2v) is 10.9. The molecular weight excluding hydrogens is 484 g/mol. The fraction of sp³-hybridized carbons (Fsp3) is 0.467. The van der Waals surface area contributed by atoms with Gasteiger partial charge in [-0.15, -0.1) is 0 Å². The Morgan fingerprint density at radius 3 is 2.55 bits per heavy atom. The van der Waals surface area contributed by atoms with Gasteiger partial charge in [0.2, 0.25) is 5.60 Å². The van der Waals surface area contributed by atoms with E-state index in [2.05, 4.69) is 23.1 Å². The molecule has 4 aliphatic rings. The van der Waals surface area contributed by atoms with E-state index in [0.29, 0.717) is 17.7 Å². The number of rotatable bonds is 5. The Morgan fingerprint density at radius 2 is 1.87 bits per heavy atom. The zero-order valence-corrected chi connectivity index (χ0v) is 22.2. The number of carbonyl (C=O) groups excluding carboxylic acids is 2. The van der Waals surface area contributed by atoms with Gasteiger partial charge in [-0.3, -0.25) is 4.90 Å². The second-order valence-electron chi connectivity index (χ2n) is 10.9. The van der Waals surface area contributed by atoms with Crippen molar-refractivity contribution in [2.45, 2.75) is 49.0 Å². The van der Waals surface area contributed by atoms with Crippen LogP contribution in [0.4, 0.5) is 5.69 Å². The van der Waals surface area contributed by atoms with Crippen molar-refractivity contribution in [3.8, 4) is 5.75 Å². The van der Waals surface area contributed by atoms with Crippen LogP contribution in [0.25, 0.3) is 0 Å². The van der Waals surface area contributed by atoms with Crippen molar-refractivity contribution in [2.75, 3.05) is 39.3 Å².